The van der Waals surface area contributed by atoms with Crippen molar-refractivity contribution in [2.24, 2.45) is 0 Å². The Balaban J connectivity index is 2.52. The van der Waals surface area contributed by atoms with E-state index in [1.54, 1.807) is 14.2 Å². The second-order valence-corrected chi connectivity index (χ2v) is 11.8. The summed E-state index contributed by atoms with van der Waals surface area (Å²) in [4.78, 5) is 4.40. The second-order valence-electron chi connectivity index (χ2n) is 4.59. The van der Waals surface area contributed by atoms with Crippen LogP contribution < -0.4 is 0 Å². The van der Waals surface area contributed by atoms with Gasteiger partial charge < -0.3 is 0 Å². The Labute approximate surface area is 119 Å². The van der Waals surface area contributed by atoms with E-state index < -0.39 is 17.4 Å². The van der Waals surface area contributed by atoms with Crippen LogP contribution >= 0.6 is 11.8 Å². The van der Waals surface area contributed by atoms with Crippen molar-refractivity contribution in [2.75, 3.05) is 14.2 Å². The van der Waals surface area contributed by atoms with Crippen LogP contribution in [0.3, 0.4) is 0 Å². The molecule has 0 N–H and O–H groups in total. The van der Waals surface area contributed by atoms with E-state index in [2.05, 4.69) is 30.1 Å². The first kappa shape index (κ1) is 16.2. The van der Waals surface area contributed by atoms with Crippen LogP contribution in [0.15, 0.2) is 24.4 Å². The van der Waals surface area contributed by atoms with Crippen molar-refractivity contribution in [3.63, 3.8) is 0 Å². The summed E-state index contributed by atoms with van der Waals surface area (Å²) < 4.78 is 12.2. The van der Waals surface area contributed by atoms with E-state index in [9.17, 15) is 0 Å². The zero-order valence-electron chi connectivity index (χ0n) is 11.8. The molecule has 0 aromatic carbocycles. The zero-order valence-corrected chi connectivity index (χ0v) is 14.2. The molecule has 18 heavy (non-hydrogen) atoms. The summed E-state index contributed by atoms with van der Waals surface area (Å²) in [5.41, 5.74) is 1.14. The Hall–Kier alpha value is 0.134. The van der Waals surface area contributed by atoms with Crippen LogP contribution in [0.2, 0.25) is 9.95 Å². The van der Waals surface area contributed by atoms with Crippen LogP contribution in [0.25, 0.3) is 0 Å². The predicted octanol–water partition coefficient (Wildman–Crippen LogP) is 4.01. The predicted molar refractivity (Wildman–Crippen MR) is 74.4 cm³/mol. The number of hydrogen-bond acceptors (Lipinski definition) is 4. The van der Waals surface area contributed by atoms with E-state index in [1.165, 1.54) is 0 Å². The molecule has 2 unspecified atom stereocenters. The molecule has 1 heterocycles. The van der Waals surface area contributed by atoms with Gasteiger partial charge in [0.1, 0.15) is 0 Å². The van der Waals surface area contributed by atoms with E-state index in [4.69, 9.17) is 6.64 Å². The fourth-order valence-electron chi connectivity index (χ4n) is 1.85. The number of aromatic nitrogens is 1. The zero-order chi connectivity index (χ0) is 13.6. The minimum atomic E-state index is -2.48. The number of nitrogens with zero attached hydrogens (tertiary/aromatic N) is 1. The van der Waals surface area contributed by atoms with E-state index in [-0.39, 0.29) is 0 Å². The molecule has 0 saturated carbocycles. The van der Waals surface area contributed by atoms with Gasteiger partial charge in [-0.3, -0.25) is 0 Å². The normalized spacial score (nSPS) is 15.4. The van der Waals surface area contributed by atoms with Crippen molar-refractivity contribution >= 4 is 11.8 Å². The van der Waals surface area contributed by atoms with E-state index >= 15 is 0 Å². The number of rotatable bonds is 7. The molecule has 0 aliphatic heterocycles. The summed E-state index contributed by atoms with van der Waals surface area (Å²) in [5, 5.41) is 3.08. The van der Waals surface area contributed by atoms with Gasteiger partial charge in [-0.05, 0) is 0 Å². The van der Waals surface area contributed by atoms with Crippen LogP contribution in [0.4, 0.5) is 0 Å². The van der Waals surface area contributed by atoms with Crippen molar-refractivity contribution in [3.05, 3.63) is 30.1 Å². The van der Waals surface area contributed by atoms with Gasteiger partial charge in [-0.2, -0.15) is 0 Å². The molecule has 0 spiro atoms. The third kappa shape index (κ3) is 5.02. The van der Waals surface area contributed by atoms with Crippen molar-refractivity contribution < 1.29 is 24.0 Å². The molecule has 0 saturated heterocycles. The minimum absolute atomic E-state index is 0.404. The summed E-state index contributed by atoms with van der Waals surface area (Å²) in [6.07, 6.45) is 1.85. The molecule has 0 fully saturated rings. The molecule has 0 aliphatic carbocycles. The van der Waals surface area contributed by atoms with Crippen LogP contribution in [-0.4, -0.2) is 24.5 Å². The molecular formula is C13H23NO2STi. The first-order chi connectivity index (χ1) is 8.50. The topological polar surface area (TPSA) is 31.4 Å². The number of pyridine rings is 1. The van der Waals surface area contributed by atoms with Crippen LogP contribution in [-0.2, 0) is 24.0 Å². The average Bonchev–Trinajstić information content (AvgIpc) is 2.39. The third-order valence-corrected chi connectivity index (χ3v) is 9.62. The summed E-state index contributed by atoms with van der Waals surface area (Å²) in [5.74, 6) is 0. The molecular weight excluding hydrogens is 282 g/mol. The van der Waals surface area contributed by atoms with Gasteiger partial charge in [-0.15, -0.1) is 0 Å². The first-order valence-corrected chi connectivity index (χ1v) is 11.1. The fraction of sp³-hybridized carbons (Fsp3) is 0.615. The summed E-state index contributed by atoms with van der Waals surface area (Å²) in [6, 6.07) is 6.07. The summed E-state index contributed by atoms with van der Waals surface area (Å²) >= 11 is -0.548. The standard InChI is InChI=1S/C10H14NS.2CH3O.CH3.Ti/c1-8(2)12-9(3)10-6-4-5-7-11-10;2*1-2;;/h4-9H,1H2,2-3H3;2*1H3;1H3;/q;2*-1;;+2. The molecule has 2 atom stereocenters. The molecule has 1 rings (SSSR count). The first-order valence-electron chi connectivity index (χ1n) is 6.17. The summed E-state index contributed by atoms with van der Waals surface area (Å²) in [7, 11) is 3.53. The van der Waals surface area contributed by atoms with Gasteiger partial charge in [-0.25, -0.2) is 0 Å². The molecule has 1 aromatic rings. The van der Waals surface area contributed by atoms with E-state index in [1.807, 2.05) is 30.1 Å². The van der Waals surface area contributed by atoms with E-state index in [0.29, 0.717) is 10.5 Å². The van der Waals surface area contributed by atoms with Crippen molar-refractivity contribution in [3.8, 4) is 0 Å². The maximum atomic E-state index is 5.58. The number of thioether (sulfide) groups is 1. The van der Waals surface area contributed by atoms with Crippen LogP contribution in [0.5, 0.6) is 0 Å². The average molecular weight is 305 g/mol. The van der Waals surface area contributed by atoms with Crippen molar-refractivity contribution in [2.45, 2.75) is 34.3 Å². The van der Waals surface area contributed by atoms with Crippen molar-refractivity contribution in [1.29, 1.82) is 0 Å². The Morgan fingerprint density at radius 3 is 2.44 bits per heavy atom. The quantitative estimate of drug-likeness (QED) is 0.712. The summed E-state index contributed by atoms with van der Waals surface area (Å²) in [6.45, 7) is 4.44. The van der Waals surface area contributed by atoms with Gasteiger partial charge in [0.25, 0.3) is 0 Å². The second kappa shape index (κ2) is 7.66. The fourth-order valence-corrected chi connectivity index (χ4v) is 7.04. The Bertz CT molecular complexity index is 346. The molecule has 0 amide bonds. The Morgan fingerprint density at radius 1 is 1.28 bits per heavy atom. The van der Waals surface area contributed by atoms with Gasteiger partial charge in [0.05, 0.1) is 0 Å². The van der Waals surface area contributed by atoms with Crippen LogP contribution in [0, 0.1) is 0 Å². The SMILES string of the molecule is C[O][Ti]([CH3])([CH2]C(C)SC(C)c1ccccn1)[O]C. The van der Waals surface area contributed by atoms with Gasteiger partial charge >= 0.3 is 119 Å². The molecule has 3 nitrogen and oxygen atoms in total. The molecule has 102 valence electrons. The van der Waals surface area contributed by atoms with Gasteiger partial charge in [-0.1, -0.05) is 0 Å². The van der Waals surface area contributed by atoms with Crippen molar-refractivity contribution in [1.82, 2.24) is 4.98 Å². The van der Waals surface area contributed by atoms with Crippen LogP contribution in [0.1, 0.15) is 24.8 Å². The molecule has 0 bridgehead atoms. The van der Waals surface area contributed by atoms with Gasteiger partial charge in [0.15, 0.2) is 0 Å². The molecule has 1 aromatic heterocycles. The maximum absolute atomic E-state index is 5.58. The molecule has 5 heteroatoms. The Kier molecular flexibility index (Phi) is 6.89. The molecule has 0 radical (unpaired) electrons. The van der Waals surface area contributed by atoms with Gasteiger partial charge in [0, 0.05) is 0 Å². The van der Waals surface area contributed by atoms with E-state index in [0.717, 1.165) is 10.4 Å². The molecule has 0 aliphatic rings. The van der Waals surface area contributed by atoms with Gasteiger partial charge in [0.2, 0.25) is 0 Å². The Morgan fingerprint density at radius 2 is 1.94 bits per heavy atom. The monoisotopic (exact) mass is 305 g/mol. The third-order valence-electron chi connectivity index (χ3n) is 3.06. The number of hydrogen-bond donors (Lipinski definition) is 0.